The van der Waals surface area contributed by atoms with Gasteiger partial charge in [0, 0.05) is 19.6 Å². The number of nitrogens with zero attached hydrogens (tertiary/aromatic N) is 1. The van der Waals surface area contributed by atoms with Crippen LogP contribution in [0.2, 0.25) is 0 Å². The first-order valence-corrected chi connectivity index (χ1v) is 8.37. The second-order valence-electron chi connectivity index (χ2n) is 6.46. The lowest BCUT2D eigenvalue weighted by Crippen LogP contribution is -2.51. The summed E-state index contributed by atoms with van der Waals surface area (Å²) >= 11 is 0. The van der Waals surface area contributed by atoms with Crippen LogP contribution < -0.4 is 5.32 Å². The lowest BCUT2D eigenvalue weighted by molar-refractivity contribution is -0.135. The molecule has 2 heterocycles. The summed E-state index contributed by atoms with van der Waals surface area (Å²) in [5.41, 5.74) is 2.67. The van der Waals surface area contributed by atoms with Gasteiger partial charge in [0.15, 0.2) is 0 Å². The van der Waals surface area contributed by atoms with Crippen LogP contribution in [0, 0.1) is 5.92 Å². The summed E-state index contributed by atoms with van der Waals surface area (Å²) in [6.07, 6.45) is 5.78. The summed E-state index contributed by atoms with van der Waals surface area (Å²) in [5.74, 6) is 1.14. The van der Waals surface area contributed by atoms with Crippen molar-refractivity contribution in [1.82, 2.24) is 10.2 Å². The van der Waals surface area contributed by atoms with Crippen LogP contribution in [0.1, 0.15) is 43.7 Å². The van der Waals surface area contributed by atoms with Crippen molar-refractivity contribution in [2.75, 3.05) is 13.1 Å². The molecule has 1 unspecified atom stereocenters. The number of fused-ring (bicyclic) bond motifs is 1. The third kappa shape index (κ3) is 3.29. The Morgan fingerprint density at radius 3 is 2.67 bits per heavy atom. The molecule has 0 saturated carbocycles. The van der Waals surface area contributed by atoms with E-state index in [2.05, 4.69) is 41.4 Å². The standard InChI is InChI=1S/C18H26N2O/c1-2-5-14-8-10-20(11-9-14)18(21)17-12-15-6-3-4-7-16(15)13-19-17/h3-4,6-7,14,17,19H,2,5,8-13H2,1H3. The van der Waals surface area contributed by atoms with Gasteiger partial charge in [-0.3, -0.25) is 4.79 Å². The molecule has 3 nitrogen and oxygen atoms in total. The minimum atomic E-state index is -0.0253. The van der Waals surface area contributed by atoms with Gasteiger partial charge in [0.25, 0.3) is 0 Å². The molecule has 0 aromatic heterocycles. The lowest BCUT2D eigenvalue weighted by Gasteiger charge is -2.35. The molecule has 0 radical (unpaired) electrons. The highest BCUT2D eigenvalue weighted by Crippen LogP contribution is 2.23. The molecule has 1 aromatic rings. The number of rotatable bonds is 3. The zero-order valence-electron chi connectivity index (χ0n) is 13.0. The van der Waals surface area contributed by atoms with Gasteiger partial charge in [0.05, 0.1) is 6.04 Å². The van der Waals surface area contributed by atoms with Crippen molar-refractivity contribution in [2.24, 2.45) is 5.92 Å². The normalized spacial score (nSPS) is 22.9. The highest BCUT2D eigenvalue weighted by atomic mass is 16.2. The summed E-state index contributed by atoms with van der Waals surface area (Å²) < 4.78 is 0. The molecule has 2 aliphatic rings. The van der Waals surface area contributed by atoms with E-state index in [1.54, 1.807) is 0 Å². The van der Waals surface area contributed by atoms with E-state index in [9.17, 15) is 4.79 Å². The fourth-order valence-electron chi connectivity index (χ4n) is 3.70. The Bertz CT molecular complexity index is 492. The van der Waals surface area contributed by atoms with Gasteiger partial charge in [0.1, 0.15) is 0 Å². The number of piperidine rings is 1. The lowest BCUT2D eigenvalue weighted by atomic mass is 9.91. The second-order valence-corrected chi connectivity index (χ2v) is 6.46. The fourth-order valence-corrected chi connectivity index (χ4v) is 3.70. The number of hydrogen-bond donors (Lipinski definition) is 1. The van der Waals surface area contributed by atoms with Gasteiger partial charge in [-0.25, -0.2) is 0 Å². The van der Waals surface area contributed by atoms with Crippen LogP contribution in [0.15, 0.2) is 24.3 Å². The summed E-state index contributed by atoms with van der Waals surface area (Å²) in [6, 6.07) is 8.43. The van der Waals surface area contributed by atoms with Crippen LogP contribution in [-0.4, -0.2) is 29.9 Å². The molecular weight excluding hydrogens is 260 g/mol. The van der Waals surface area contributed by atoms with Crippen molar-refractivity contribution >= 4 is 5.91 Å². The average Bonchev–Trinajstić information content (AvgIpc) is 2.55. The maximum Gasteiger partial charge on any atom is 0.240 e. The van der Waals surface area contributed by atoms with Gasteiger partial charge in [-0.05, 0) is 36.3 Å². The molecule has 1 N–H and O–H groups in total. The molecule has 0 bridgehead atoms. The first kappa shape index (κ1) is 14.6. The van der Waals surface area contributed by atoms with Crippen molar-refractivity contribution in [3.8, 4) is 0 Å². The fraction of sp³-hybridized carbons (Fsp3) is 0.611. The maximum absolute atomic E-state index is 12.7. The van der Waals surface area contributed by atoms with Crippen molar-refractivity contribution in [2.45, 2.75) is 51.6 Å². The quantitative estimate of drug-likeness (QED) is 0.926. The number of benzene rings is 1. The number of carbonyl (C=O) groups excluding carboxylic acids is 1. The average molecular weight is 286 g/mol. The molecule has 114 valence electrons. The number of carbonyl (C=O) groups is 1. The van der Waals surface area contributed by atoms with Crippen LogP contribution in [0.5, 0.6) is 0 Å². The molecule has 2 aliphatic heterocycles. The second kappa shape index (κ2) is 6.61. The first-order chi connectivity index (χ1) is 10.3. The van der Waals surface area contributed by atoms with E-state index in [0.717, 1.165) is 32.0 Å². The molecule has 1 saturated heterocycles. The highest BCUT2D eigenvalue weighted by Gasteiger charge is 2.30. The van der Waals surface area contributed by atoms with Gasteiger partial charge >= 0.3 is 0 Å². The van der Waals surface area contributed by atoms with Crippen molar-refractivity contribution in [3.63, 3.8) is 0 Å². The third-order valence-corrected chi connectivity index (χ3v) is 5.00. The molecule has 3 heteroatoms. The van der Waals surface area contributed by atoms with Crippen molar-refractivity contribution < 1.29 is 4.79 Å². The molecular formula is C18H26N2O. The topological polar surface area (TPSA) is 32.3 Å². The Morgan fingerprint density at radius 1 is 1.24 bits per heavy atom. The van der Waals surface area contributed by atoms with Crippen LogP contribution in [0.4, 0.5) is 0 Å². The van der Waals surface area contributed by atoms with Gasteiger partial charge in [-0.1, -0.05) is 44.0 Å². The molecule has 21 heavy (non-hydrogen) atoms. The number of likely N-dealkylation sites (tertiary alicyclic amines) is 1. The Morgan fingerprint density at radius 2 is 1.95 bits per heavy atom. The van der Waals surface area contributed by atoms with Gasteiger partial charge < -0.3 is 10.2 Å². The van der Waals surface area contributed by atoms with E-state index in [-0.39, 0.29) is 6.04 Å². The van der Waals surface area contributed by atoms with Crippen LogP contribution in [0.25, 0.3) is 0 Å². The third-order valence-electron chi connectivity index (χ3n) is 5.00. The number of hydrogen-bond acceptors (Lipinski definition) is 2. The number of nitrogens with one attached hydrogen (secondary N) is 1. The van der Waals surface area contributed by atoms with Crippen molar-refractivity contribution in [1.29, 1.82) is 0 Å². The Kier molecular flexibility index (Phi) is 4.59. The molecule has 1 atom stereocenters. The van der Waals surface area contributed by atoms with E-state index in [0.29, 0.717) is 5.91 Å². The Hall–Kier alpha value is -1.35. The van der Waals surface area contributed by atoms with Gasteiger partial charge in [-0.15, -0.1) is 0 Å². The molecule has 1 fully saturated rings. The van der Waals surface area contributed by atoms with E-state index in [1.165, 1.54) is 36.8 Å². The number of amides is 1. The minimum absolute atomic E-state index is 0.0253. The predicted octanol–water partition coefficient (Wildman–Crippen LogP) is 2.74. The monoisotopic (exact) mass is 286 g/mol. The van der Waals surface area contributed by atoms with E-state index >= 15 is 0 Å². The minimum Gasteiger partial charge on any atom is -0.341 e. The van der Waals surface area contributed by atoms with E-state index in [4.69, 9.17) is 0 Å². The van der Waals surface area contributed by atoms with Crippen molar-refractivity contribution in [3.05, 3.63) is 35.4 Å². The van der Waals surface area contributed by atoms with E-state index < -0.39 is 0 Å². The zero-order chi connectivity index (χ0) is 14.7. The van der Waals surface area contributed by atoms with Crippen LogP contribution in [-0.2, 0) is 17.8 Å². The molecule has 1 aromatic carbocycles. The summed E-state index contributed by atoms with van der Waals surface area (Å²) in [7, 11) is 0. The first-order valence-electron chi connectivity index (χ1n) is 8.37. The molecule has 1 amide bonds. The maximum atomic E-state index is 12.7. The zero-order valence-corrected chi connectivity index (χ0v) is 13.0. The Labute approximate surface area is 127 Å². The predicted molar refractivity (Wildman–Crippen MR) is 85.0 cm³/mol. The molecule has 3 rings (SSSR count). The smallest absolute Gasteiger partial charge is 0.240 e. The Balaban J connectivity index is 1.57. The van der Waals surface area contributed by atoms with Gasteiger partial charge in [-0.2, -0.15) is 0 Å². The molecule has 0 aliphatic carbocycles. The summed E-state index contributed by atoms with van der Waals surface area (Å²) in [5, 5.41) is 3.42. The van der Waals surface area contributed by atoms with Crippen LogP contribution >= 0.6 is 0 Å². The highest BCUT2D eigenvalue weighted by molar-refractivity contribution is 5.82. The van der Waals surface area contributed by atoms with Gasteiger partial charge in [0.2, 0.25) is 5.91 Å². The van der Waals surface area contributed by atoms with Crippen LogP contribution in [0.3, 0.4) is 0 Å². The largest absolute Gasteiger partial charge is 0.341 e. The molecule has 0 spiro atoms. The van der Waals surface area contributed by atoms with E-state index in [1.807, 2.05) is 0 Å². The summed E-state index contributed by atoms with van der Waals surface area (Å²) in [4.78, 5) is 14.8. The SMILES string of the molecule is CCCC1CCN(C(=O)C2Cc3ccccc3CN2)CC1. The summed E-state index contributed by atoms with van der Waals surface area (Å²) in [6.45, 7) is 4.96.